The van der Waals surface area contributed by atoms with Crippen molar-refractivity contribution in [1.29, 1.82) is 0 Å². The second-order valence-electron chi connectivity index (χ2n) is 5.90. The summed E-state index contributed by atoms with van der Waals surface area (Å²) in [6, 6.07) is 0. The van der Waals surface area contributed by atoms with E-state index in [1.54, 1.807) is 0 Å². The van der Waals surface area contributed by atoms with Crippen LogP contribution in [0.1, 0.15) is 20.8 Å². The van der Waals surface area contributed by atoms with Crippen LogP contribution in [0.15, 0.2) is 0 Å². The van der Waals surface area contributed by atoms with Gasteiger partial charge in [0.25, 0.3) is 0 Å². The number of hydrogen-bond acceptors (Lipinski definition) is 5. The van der Waals surface area contributed by atoms with Crippen LogP contribution in [0.2, 0.25) is 0 Å². The molecule has 3 N–H and O–H groups in total. The second kappa shape index (κ2) is 7.67. The average molecular weight is 272 g/mol. The third-order valence-electron chi connectivity index (χ3n) is 3.01. The summed E-state index contributed by atoms with van der Waals surface area (Å²) in [6.07, 6.45) is -0.339. The number of nitrogens with zero attached hydrogens (tertiary/aromatic N) is 2. The lowest BCUT2D eigenvalue weighted by atomic mass is 10.2. The molecule has 1 aliphatic heterocycles. The zero-order valence-electron chi connectivity index (χ0n) is 12.4. The SMILES string of the molecule is CC(C)(C)OC(=O)NCCN1CCN(CCN)CC1. The third-order valence-corrected chi connectivity index (χ3v) is 3.01. The smallest absolute Gasteiger partial charge is 0.407 e. The molecule has 0 radical (unpaired) electrons. The summed E-state index contributed by atoms with van der Waals surface area (Å²) >= 11 is 0. The van der Waals surface area contributed by atoms with Crippen molar-refractivity contribution in [3.05, 3.63) is 0 Å². The summed E-state index contributed by atoms with van der Waals surface area (Å²) in [5.74, 6) is 0. The highest BCUT2D eigenvalue weighted by atomic mass is 16.6. The Morgan fingerprint density at radius 2 is 1.68 bits per heavy atom. The predicted octanol–water partition coefficient (Wildman–Crippen LogP) is 0.0874. The first-order valence-corrected chi connectivity index (χ1v) is 7.02. The molecule has 0 aromatic carbocycles. The summed E-state index contributed by atoms with van der Waals surface area (Å²) in [6.45, 7) is 13.0. The highest BCUT2D eigenvalue weighted by Crippen LogP contribution is 2.06. The van der Waals surface area contributed by atoms with Crippen LogP contribution in [0.5, 0.6) is 0 Å². The maximum Gasteiger partial charge on any atom is 0.407 e. The topological polar surface area (TPSA) is 70.8 Å². The molecule has 112 valence electrons. The van der Waals surface area contributed by atoms with E-state index in [0.29, 0.717) is 6.54 Å². The van der Waals surface area contributed by atoms with Gasteiger partial charge in [0.15, 0.2) is 0 Å². The maximum absolute atomic E-state index is 11.5. The molecule has 1 aliphatic rings. The van der Waals surface area contributed by atoms with Gasteiger partial charge in [-0.15, -0.1) is 0 Å². The lowest BCUT2D eigenvalue weighted by Gasteiger charge is -2.34. The molecule has 1 saturated heterocycles. The minimum Gasteiger partial charge on any atom is -0.444 e. The fourth-order valence-electron chi connectivity index (χ4n) is 2.05. The normalized spacial score (nSPS) is 18.3. The van der Waals surface area contributed by atoms with Gasteiger partial charge in [0.05, 0.1) is 0 Å². The Morgan fingerprint density at radius 3 is 2.16 bits per heavy atom. The molecule has 0 atom stereocenters. The first kappa shape index (κ1) is 16.2. The average Bonchev–Trinajstić information content (AvgIpc) is 2.29. The highest BCUT2D eigenvalue weighted by Gasteiger charge is 2.17. The van der Waals surface area contributed by atoms with Crippen LogP contribution in [0.25, 0.3) is 0 Å². The summed E-state index contributed by atoms with van der Waals surface area (Å²) < 4.78 is 5.19. The minimum absolute atomic E-state index is 0.339. The lowest BCUT2D eigenvalue weighted by Crippen LogP contribution is -2.49. The van der Waals surface area contributed by atoms with E-state index in [2.05, 4.69) is 15.1 Å². The molecule has 0 unspecified atom stereocenters. The van der Waals surface area contributed by atoms with E-state index in [9.17, 15) is 4.79 Å². The van der Waals surface area contributed by atoms with Gasteiger partial charge in [-0.1, -0.05) is 0 Å². The van der Waals surface area contributed by atoms with Crippen molar-refractivity contribution in [3.63, 3.8) is 0 Å². The van der Waals surface area contributed by atoms with Gasteiger partial charge >= 0.3 is 6.09 Å². The van der Waals surface area contributed by atoms with E-state index in [0.717, 1.165) is 45.8 Å². The van der Waals surface area contributed by atoms with E-state index in [-0.39, 0.29) is 6.09 Å². The number of hydrogen-bond donors (Lipinski definition) is 2. The van der Waals surface area contributed by atoms with Crippen molar-refractivity contribution < 1.29 is 9.53 Å². The Morgan fingerprint density at radius 1 is 1.16 bits per heavy atom. The summed E-state index contributed by atoms with van der Waals surface area (Å²) in [4.78, 5) is 16.2. The number of nitrogens with two attached hydrogens (primary N) is 1. The number of nitrogens with one attached hydrogen (secondary N) is 1. The molecule has 6 heteroatoms. The molecule has 0 aliphatic carbocycles. The van der Waals surface area contributed by atoms with Crippen LogP contribution in [0.4, 0.5) is 4.79 Å². The highest BCUT2D eigenvalue weighted by molar-refractivity contribution is 5.67. The largest absolute Gasteiger partial charge is 0.444 e. The van der Waals surface area contributed by atoms with Crippen molar-refractivity contribution in [1.82, 2.24) is 15.1 Å². The third kappa shape index (κ3) is 7.34. The van der Waals surface area contributed by atoms with E-state index in [4.69, 9.17) is 10.5 Å². The minimum atomic E-state index is -0.433. The van der Waals surface area contributed by atoms with Crippen molar-refractivity contribution in [2.75, 3.05) is 52.4 Å². The standard InChI is InChI=1S/C13H28N4O2/c1-13(2,3)19-12(18)15-5-7-17-10-8-16(6-4-14)9-11-17/h4-11,14H2,1-3H3,(H,15,18). The quantitative estimate of drug-likeness (QED) is 0.742. The molecule has 0 aromatic rings. The molecule has 1 heterocycles. The number of alkyl carbamates (subject to hydrolysis) is 1. The number of carbonyl (C=O) groups is 1. The van der Waals surface area contributed by atoms with Crippen LogP contribution in [-0.2, 0) is 4.74 Å². The molecular weight excluding hydrogens is 244 g/mol. The summed E-state index contributed by atoms with van der Waals surface area (Å²) in [5.41, 5.74) is 5.11. The molecule has 1 rings (SSSR count). The van der Waals surface area contributed by atoms with Gasteiger partial charge in [-0.3, -0.25) is 9.80 Å². The Kier molecular flexibility index (Phi) is 6.54. The van der Waals surface area contributed by atoms with E-state index in [1.807, 2.05) is 20.8 Å². The molecule has 0 saturated carbocycles. The molecule has 0 bridgehead atoms. The van der Waals surface area contributed by atoms with E-state index < -0.39 is 5.60 Å². The molecule has 6 nitrogen and oxygen atoms in total. The molecule has 1 amide bonds. The van der Waals surface area contributed by atoms with Gasteiger partial charge in [0, 0.05) is 52.4 Å². The molecular formula is C13H28N4O2. The van der Waals surface area contributed by atoms with Crippen LogP contribution < -0.4 is 11.1 Å². The summed E-state index contributed by atoms with van der Waals surface area (Å²) in [5, 5.41) is 2.79. The number of rotatable bonds is 5. The molecule has 0 spiro atoms. The Bertz CT molecular complexity index is 270. The van der Waals surface area contributed by atoms with Crippen molar-refractivity contribution in [2.24, 2.45) is 5.73 Å². The van der Waals surface area contributed by atoms with Gasteiger partial charge in [0.1, 0.15) is 5.60 Å². The fourth-order valence-corrected chi connectivity index (χ4v) is 2.05. The molecule has 0 aromatic heterocycles. The predicted molar refractivity (Wildman–Crippen MR) is 76.2 cm³/mol. The van der Waals surface area contributed by atoms with Crippen molar-refractivity contribution in [3.8, 4) is 0 Å². The van der Waals surface area contributed by atoms with Gasteiger partial charge < -0.3 is 15.8 Å². The second-order valence-corrected chi connectivity index (χ2v) is 5.90. The molecule has 19 heavy (non-hydrogen) atoms. The number of piperazine rings is 1. The Hall–Kier alpha value is -0.850. The number of ether oxygens (including phenoxy) is 1. The van der Waals surface area contributed by atoms with Crippen molar-refractivity contribution in [2.45, 2.75) is 26.4 Å². The van der Waals surface area contributed by atoms with E-state index >= 15 is 0 Å². The van der Waals surface area contributed by atoms with Crippen LogP contribution in [0, 0.1) is 0 Å². The maximum atomic E-state index is 11.5. The lowest BCUT2D eigenvalue weighted by molar-refractivity contribution is 0.0516. The monoisotopic (exact) mass is 272 g/mol. The molecule has 1 fully saturated rings. The van der Waals surface area contributed by atoms with Gasteiger partial charge in [-0.05, 0) is 20.8 Å². The van der Waals surface area contributed by atoms with Gasteiger partial charge in [-0.25, -0.2) is 4.79 Å². The first-order chi connectivity index (χ1) is 8.90. The zero-order chi connectivity index (χ0) is 14.3. The zero-order valence-corrected chi connectivity index (χ0v) is 12.4. The first-order valence-electron chi connectivity index (χ1n) is 7.02. The van der Waals surface area contributed by atoms with Crippen LogP contribution >= 0.6 is 0 Å². The van der Waals surface area contributed by atoms with Crippen LogP contribution in [-0.4, -0.2) is 73.9 Å². The number of amides is 1. The van der Waals surface area contributed by atoms with E-state index in [1.165, 1.54) is 0 Å². The van der Waals surface area contributed by atoms with Gasteiger partial charge in [0.2, 0.25) is 0 Å². The Balaban J connectivity index is 2.09. The Labute approximate surface area is 116 Å². The summed E-state index contributed by atoms with van der Waals surface area (Å²) in [7, 11) is 0. The fraction of sp³-hybridized carbons (Fsp3) is 0.923. The van der Waals surface area contributed by atoms with Gasteiger partial charge in [-0.2, -0.15) is 0 Å². The van der Waals surface area contributed by atoms with Crippen LogP contribution in [0.3, 0.4) is 0 Å². The van der Waals surface area contributed by atoms with Crippen molar-refractivity contribution >= 4 is 6.09 Å². The number of carbonyl (C=O) groups excluding carboxylic acids is 1.